The standard InChI is InChI=1S/C18H20ClN3O5.ClH/c1-20-8-9-21(2)18(23)12-4-6-16(17(10-12)26-3)27-15-7-5-13(19)11-14(15)22(24)25;/h4-7,10-11,20H,8-9H2,1-3H3;1H. The molecule has 0 saturated heterocycles. The number of likely N-dealkylation sites (N-methyl/N-ethyl adjacent to an activating group) is 2. The number of benzene rings is 2. The average Bonchev–Trinajstić information content (AvgIpc) is 2.66. The first-order chi connectivity index (χ1) is 12.9. The quantitative estimate of drug-likeness (QED) is 0.506. The van der Waals surface area contributed by atoms with Crippen molar-refractivity contribution in [2.75, 3.05) is 34.3 Å². The number of methoxy groups -OCH3 is 1. The molecule has 152 valence electrons. The summed E-state index contributed by atoms with van der Waals surface area (Å²) in [6.07, 6.45) is 0. The van der Waals surface area contributed by atoms with Crippen LogP contribution in [0.4, 0.5) is 5.69 Å². The Bertz CT molecular complexity index is 848. The third kappa shape index (κ3) is 5.72. The Labute approximate surface area is 173 Å². The first kappa shape index (κ1) is 23.5. The summed E-state index contributed by atoms with van der Waals surface area (Å²) in [5.74, 6) is 0.380. The highest BCUT2D eigenvalue weighted by Gasteiger charge is 2.19. The summed E-state index contributed by atoms with van der Waals surface area (Å²) in [5.41, 5.74) is 0.153. The predicted molar refractivity (Wildman–Crippen MR) is 109 cm³/mol. The lowest BCUT2D eigenvalue weighted by Gasteiger charge is -2.18. The van der Waals surface area contributed by atoms with Gasteiger partial charge in [-0.05, 0) is 37.4 Å². The minimum Gasteiger partial charge on any atom is -0.493 e. The van der Waals surface area contributed by atoms with Crippen molar-refractivity contribution in [1.29, 1.82) is 0 Å². The molecular formula is C18H21Cl2N3O5. The maximum Gasteiger partial charge on any atom is 0.313 e. The first-order valence-corrected chi connectivity index (χ1v) is 8.45. The SMILES string of the molecule is CNCCN(C)C(=O)c1ccc(Oc2ccc(Cl)cc2[N+](=O)[O-])c(OC)c1.Cl. The van der Waals surface area contributed by atoms with E-state index in [0.29, 0.717) is 18.7 Å². The van der Waals surface area contributed by atoms with Crippen molar-refractivity contribution >= 4 is 35.6 Å². The smallest absolute Gasteiger partial charge is 0.313 e. The van der Waals surface area contributed by atoms with Gasteiger partial charge in [0.25, 0.3) is 5.91 Å². The molecule has 8 nitrogen and oxygen atoms in total. The molecule has 1 N–H and O–H groups in total. The maximum atomic E-state index is 12.5. The molecule has 0 radical (unpaired) electrons. The first-order valence-electron chi connectivity index (χ1n) is 8.07. The van der Waals surface area contributed by atoms with Crippen LogP contribution < -0.4 is 14.8 Å². The van der Waals surface area contributed by atoms with Gasteiger partial charge in [-0.25, -0.2) is 0 Å². The number of hydrogen-bond acceptors (Lipinski definition) is 6. The lowest BCUT2D eigenvalue weighted by Crippen LogP contribution is -2.32. The third-order valence-corrected chi connectivity index (χ3v) is 4.03. The van der Waals surface area contributed by atoms with Crippen LogP contribution in [0.15, 0.2) is 36.4 Å². The number of hydrogen-bond donors (Lipinski definition) is 1. The van der Waals surface area contributed by atoms with Gasteiger partial charge in [-0.1, -0.05) is 11.6 Å². The molecule has 1 amide bonds. The van der Waals surface area contributed by atoms with E-state index in [9.17, 15) is 14.9 Å². The minimum absolute atomic E-state index is 0. The molecule has 10 heteroatoms. The largest absolute Gasteiger partial charge is 0.493 e. The van der Waals surface area contributed by atoms with Gasteiger partial charge in [0.1, 0.15) is 0 Å². The van der Waals surface area contributed by atoms with E-state index >= 15 is 0 Å². The fourth-order valence-electron chi connectivity index (χ4n) is 2.32. The van der Waals surface area contributed by atoms with Crippen molar-refractivity contribution in [2.24, 2.45) is 0 Å². The predicted octanol–water partition coefficient (Wildman–Crippen LogP) is 3.76. The van der Waals surface area contributed by atoms with Crippen molar-refractivity contribution in [2.45, 2.75) is 0 Å². The molecule has 0 unspecified atom stereocenters. The molecule has 0 aromatic heterocycles. The molecular weight excluding hydrogens is 409 g/mol. The number of nitrogens with zero attached hydrogens (tertiary/aromatic N) is 2. The minimum atomic E-state index is -0.581. The number of amides is 1. The van der Waals surface area contributed by atoms with Gasteiger partial charge in [-0.15, -0.1) is 12.4 Å². The molecule has 0 heterocycles. The molecule has 0 aliphatic carbocycles. The molecule has 2 rings (SSSR count). The second-order valence-corrected chi connectivity index (χ2v) is 6.10. The number of nitro benzene ring substituents is 1. The van der Waals surface area contributed by atoms with Crippen molar-refractivity contribution < 1.29 is 19.2 Å². The number of rotatable bonds is 8. The van der Waals surface area contributed by atoms with Crippen LogP contribution in [0.5, 0.6) is 17.2 Å². The molecule has 0 fully saturated rings. The summed E-state index contributed by atoms with van der Waals surface area (Å²) in [4.78, 5) is 24.7. The van der Waals surface area contributed by atoms with Crippen molar-refractivity contribution in [3.8, 4) is 17.2 Å². The summed E-state index contributed by atoms with van der Waals surface area (Å²) < 4.78 is 10.9. The Hall–Kier alpha value is -2.55. The van der Waals surface area contributed by atoms with E-state index in [1.807, 2.05) is 7.05 Å². The summed E-state index contributed by atoms with van der Waals surface area (Å²) in [7, 11) is 4.94. The topological polar surface area (TPSA) is 93.9 Å². The third-order valence-electron chi connectivity index (χ3n) is 3.79. The van der Waals surface area contributed by atoms with E-state index in [-0.39, 0.29) is 46.3 Å². The molecule has 0 atom stereocenters. The summed E-state index contributed by atoms with van der Waals surface area (Å²) in [5, 5.41) is 14.4. The van der Waals surface area contributed by atoms with E-state index in [1.54, 1.807) is 18.0 Å². The number of nitro groups is 1. The fourth-order valence-corrected chi connectivity index (χ4v) is 2.49. The summed E-state index contributed by atoms with van der Waals surface area (Å²) in [6, 6.07) is 8.76. The van der Waals surface area contributed by atoms with Crippen LogP contribution in [0.3, 0.4) is 0 Å². The van der Waals surface area contributed by atoms with E-state index in [4.69, 9.17) is 21.1 Å². The van der Waals surface area contributed by atoms with Gasteiger partial charge in [0.2, 0.25) is 5.75 Å². The summed E-state index contributed by atoms with van der Waals surface area (Å²) >= 11 is 5.81. The van der Waals surface area contributed by atoms with Crippen LogP contribution in [-0.4, -0.2) is 50.0 Å². The van der Waals surface area contributed by atoms with Crippen LogP contribution in [0.1, 0.15) is 10.4 Å². The Morgan fingerprint density at radius 1 is 1.21 bits per heavy atom. The Morgan fingerprint density at radius 2 is 1.89 bits per heavy atom. The van der Waals surface area contributed by atoms with Gasteiger partial charge in [-0.2, -0.15) is 0 Å². The molecule has 0 aliphatic heterocycles. The molecule has 0 aliphatic rings. The van der Waals surface area contributed by atoms with Gasteiger partial charge >= 0.3 is 5.69 Å². The number of ether oxygens (including phenoxy) is 2. The van der Waals surface area contributed by atoms with Crippen LogP contribution in [0.2, 0.25) is 5.02 Å². The highest BCUT2D eigenvalue weighted by molar-refractivity contribution is 6.30. The molecule has 28 heavy (non-hydrogen) atoms. The Balaban J connectivity index is 0.00000392. The molecule has 2 aromatic carbocycles. The molecule has 2 aromatic rings. The van der Waals surface area contributed by atoms with Gasteiger partial charge < -0.3 is 19.7 Å². The highest BCUT2D eigenvalue weighted by Crippen LogP contribution is 2.38. The normalized spacial score (nSPS) is 10.0. The van der Waals surface area contributed by atoms with Gasteiger partial charge in [-0.3, -0.25) is 14.9 Å². The second kappa shape index (κ2) is 10.7. The zero-order valence-electron chi connectivity index (χ0n) is 15.6. The van der Waals surface area contributed by atoms with Gasteiger partial charge in [0.15, 0.2) is 11.5 Å². The van der Waals surface area contributed by atoms with Crippen molar-refractivity contribution in [1.82, 2.24) is 10.2 Å². The number of carbonyl (C=O) groups excluding carboxylic acids is 1. The number of nitrogens with one attached hydrogen (secondary N) is 1. The van der Waals surface area contributed by atoms with E-state index < -0.39 is 4.92 Å². The summed E-state index contributed by atoms with van der Waals surface area (Å²) in [6.45, 7) is 1.22. The van der Waals surface area contributed by atoms with E-state index in [2.05, 4.69) is 5.32 Å². The molecule has 0 bridgehead atoms. The van der Waals surface area contributed by atoms with Crippen molar-refractivity contribution in [3.05, 3.63) is 57.1 Å². The highest BCUT2D eigenvalue weighted by atomic mass is 35.5. The zero-order valence-corrected chi connectivity index (χ0v) is 17.2. The van der Waals surface area contributed by atoms with Gasteiger partial charge in [0, 0.05) is 36.8 Å². The van der Waals surface area contributed by atoms with Crippen molar-refractivity contribution in [3.63, 3.8) is 0 Å². The lowest BCUT2D eigenvalue weighted by molar-refractivity contribution is -0.385. The lowest BCUT2D eigenvalue weighted by atomic mass is 10.1. The van der Waals surface area contributed by atoms with Crippen LogP contribution >= 0.6 is 24.0 Å². The zero-order chi connectivity index (χ0) is 20.0. The van der Waals surface area contributed by atoms with Crippen LogP contribution in [0, 0.1) is 10.1 Å². The fraction of sp³-hybridized carbons (Fsp3) is 0.278. The monoisotopic (exact) mass is 429 g/mol. The second-order valence-electron chi connectivity index (χ2n) is 5.67. The number of carbonyl (C=O) groups is 1. The Kier molecular flexibility index (Phi) is 8.98. The molecule has 0 spiro atoms. The maximum absolute atomic E-state index is 12.5. The van der Waals surface area contributed by atoms with E-state index in [1.165, 1.54) is 37.4 Å². The van der Waals surface area contributed by atoms with Gasteiger partial charge in [0.05, 0.1) is 12.0 Å². The molecule has 0 saturated carbocycles. The Morgan fingerprint density at radius 3 is 2.50 bits per heavy atom. The number of halogens is 2. The van der Waals surface area contributed by atoms with E-state index in [0.717, 1.165) is 0 Å². The van der Waals surface area contributed by atoms with Crippen LogP contribution in [0.25, 0.3) is 0 Å². The van der Waals surface area contributed by atoms with Crippen LogP contribution in [-0.2, 0) is 0 Å². The average molecular weight is 430 g/mol.